The Morgan fingerprint density at radius 3 is 2.74 bits per heavy atom. The van der Waals surface area contributed by atoms with E-state index in [2.05, 4.69) is 25.6 Å². The molecule has 3 aromatic heterocycles. The van der Waals surface area contributed by atoms with Crippen molar-refractivity contribution < 1.29 is 5.11 Å². The topological polar surface area (TPSA) is 93.2 Å². The molecule has 1 aliphatic carbocycles. The van der Waals surface area contributed by atoms with E-state index in [-0.39, 0.29) is 0 Å². The first-order valence-electron chi connectivity index (χ1n) is 8.94. The highest BCUT2D eigenvalue weighted by molar-refractivity contribution is 5.48. The second-order valence-electron chi connectivity index (χ2n) is 6.78. The number of hydrogen-bond acceptors (Lipinski definition) is 6. The molecule has 8 heteroatoms. The summed E-state index contributed by atoms with van der Waals surface area (Å²) < 4.78 is 3.56. The Balaban J connectivity index is 1.54. The summed E-state index contributed by atoms with van der Waals surface area (Å²) in [5.74, 6) is 0.394. The van der Waals surface area contributed by atoms with Gasteiger partial charge in [-0.2, -0.15) is 0 Å². The average Bonchev–Trinajstić information content (AvgIpc) is 3.24. The van der Waals surface area contributed by atoms with Crippen molar-refractivity contribution in [1.82, 2.24) is 29.4 Å². The highest BCUT2D eigenvalue weighted by atomic mass is 16.3. The zero-order chi connectivity index (χ0) is 18.4. The lowest BCUT2D eigenvalue weighted by Gasteiger charge is -2.15. The second-order valence-corrected chi connectivity index (χ2v) is 6.78. The molecule has 4 aromatic rings. The van der Waals surface area contributed by atoms with Gasteiger partial charge in [0.25, 0.3) is 0 Å². The number of aliphatic hydroxyl groups excluding tert-OH is 1. The SMILES string of the molecule is CNc1ccc(-n2cc(C(O)c3c(C4CC4)ncc4cncn34)nn2)cc1. The molecule has 1 saturated carbocycles. The molecule has 1 aliphatic rings. The van der Waals surface area contributed by atoms with Gasteiger partial charge >= 0.3 is 0 Å². The number of rotatable bonds is 5. The van der Waals surface area contributed by atoms with Crippen LogP contribution in [-0.2, 0) is 0 Å². The van der Waals surface area contributed by atoms with E-state index in [0.717, 1.165) is 41.1 Å². The van der Waals surface area contributed by atoms with Gasteiger partial charge in [-0.1, -0.05) is 5.21 Å². The fraction of sp³-hybridized carbons (Fsp3) is 0.263. The molecule has 1 fully saturated rings. The number of nitrogens with one attached hydrogen (secondary N) is 1. The monoisotopic (exact) mass is 361 g/mol. The third kappa shape index (κ3) is 2.74. The summed E-state index contributed by atoms with van der Waals surface area (Å²) >= 11 is 0. The Hall–Kier alpha value is -3.26. The van der Waals surface area contributed by atoms with Gasteiger partial charge in [-0.3, -0.25) is 9.38 Å². The Labute approximate surface area is 155 Å². The maximum absolute atomic E-state index is 11.1. The molecule has 3 heterocycles. The first-order chi connectivity index (χ1) is 13.2. The number of aromatic nitrogens is 6. The van der Waals surface area contributed by atoms with E-state index < -0.39 is 6.10 Å². The van der Waals surface area contributed by atoms with Crippen molar-refractivity contribution in [3.8, 4) is 5.69 Å². The fourth-order valence-electron chi connectivity index (χ4n) is 3.32. The minimum atomic E-state index is -0.920. The average molecular weight is 361 g/mol. The predicted octanol–water partition coefficient (Wildman–Crippen LogP) is 2.31. The van der Waals surface area contributed by atoms with E-state index in [1.54, 1.807) is 29.6 Å². The van der Waals surface area contributed by atoms with Crippen molar-refractivity contribution in [2.75, 3.05) is 12.4 Å². The molecule has 0 aliphatic heterocycles. The molecule has 27 heavy (non-hydrogen) atoms. The zero-order valence-electron chi connectivity index (χ0n) is 14.8. The van der Waals surface area contributed by atoms with Crippen molar-refractivity contribution in [3.05, 3.63) is 66.3 Å². The molecular weight excluding hydrogens is 342 g/mol. The van der Waals surface area contributed by atoms with E-state index >= 15 is 0 Å². The third-order valence-corrected chi connectivity index (χ3v) is 4.96. The molecule has 1 unspecified atom stereocenters. The van der Waals surface area contributed by atoms with Crippen molar-refractivity contribution in [2.45, 2.75) is 24.9 Å². The summed E-state index contributed by atoms with van der Waals surface area (Å²) in [4.78, 5) is 8.78. The third-order valence-electron chi connectivity index (χ3n) is 4.96. The number of anilines is 1. The molecule has 0 bridgehead atoms. The van der Waals surface area contributed by atoms with Crippen molar-refractivity contribution >= 4 is 11.2 Å². The van der Waals surface area contributed by atoms with Crippen LogP contribution in [0, 0.1) is 0 Å². The van der Waals surface area contributed by atoms with Gasteiger partial charge in [0.05, 0.1) is 47.5 Å². The molecule has 2 N–H and O–H groups in total. The molecule has 1 aromatic carbocycles. The normalized spacial score (nSPS) is 15.2. The molecule has 136 valence electrons. The lowest BCUT2D eigenvalue weighted by molar-refractivity contribution is 0.206. The second kappa shape index (κ2) is 6.17. The number of hydrogen-bond donors (Lipinski definition) is 2. The number of benzene rings is 1. The molecule has 1 atom stereocenters. The summed E-state index contributed by atoms with van der Waals surface area (Å²) in [6, 6.07) is 7.83. The van der Waals surface area contributed by atoms with Crippen LogP contribution in [0.25, 0.3) is 11.2 Å². The maximum Gasteiger partial charge on any atom is 0.142 e. The van der Waals surface area contributed by atoms with Gasteiger partial charge in [0.2, 0.25) is 0 Å². The van der Waals surface area contributed by atoms with Gasteiger partial charge in [-0.15, -0.1) is 5.10 Å². The maximum atomic E-state index is 11.1. The smallest absolute Gasteiger partial charge is 0.142 e. The minimum absolute atomic E-state index is 0.394. The van der Waals surface area contributed by atoms with Crippen LogP contribution in [0.4, 0.5) is 5.69 Å². The van der Waals surface area contributed by atoms with Crippen LogP contribution in [0.3, 0.4) is 0 Å². The van der Waals surface area contributed by atoms with Crippen LogP contribution < -0.4 is 5.32 Å². The zero-order valence-corrected chi connectivity index (χ0v) is 14.8. The standard InChI is InChI=1S/C19H19N7O/c1-20-13-4-6-14(7-5-13)26-10-16(23-24-26)19(27)18-17(12-2-3-12)22-9-15-8-21-11-25(15)18/h4-12,19-20,27H,2-3H2,1H3. The van der Waals surface area contributed by atoms with Crippen LogP contribution in [0.1, 0.15) is 41.9 Å². The lowest BCUT2D eigenvalue weighted by Crippen LogP contribution is -2.11. The van der Waals surface area contributed by atoms with Gasteiger partial charge in [0.1, 0.15) is 11.8 Å². The lowest BCUT2D eigenvalue weighted by atomic mass is 10.1. The molecular formula is C19H19N7O. The first kappa shape index (κ1) is 16.0. The summed E-state index contributed by atoms with van der Waals surface area (Å²) in [5.41, 5.74) is 4.87. The molecule has 0 spiro atoms. The van der Waals surface area contributed by atoms with Crippen LogP contribution in [0.5, 0.6) is 0 Å². The predicted molar refractivity (Wildman–Crippen MR) is 99.9 cm³/mol. The van der Waals surface area contributed by atoms with E-state index in [0.29, 0.717) is 11.6 Å². The van der Waals surface area contributed by atoms with Crippen LogP contribution in [0.2, 0.25) is 0 Å². The molecule has 0 radical (unpaired) electrons. The van der Waals surface area contributed by atoms with Gasteiger partial charge in [-0.25, -0.2) is 9.67 Å². The summed E-state index contributed by atoms with van der Waals surface area (Å²) in [5, 5.41) is 22.6. The molecule has 5 rings (SSSR count). The van der Waals surface area contributed by atoms with E-state index in [1.807, 2.05) is 35.7 Å². The first-order valence-corrected chi connectivity index (χ1v) is 8.94. The quantitative estimate of drug-likeness (QED) is 0.567. The number of nitrogens with zero attached hydrogens (tertiary/aromatic N) is 6. The van der Waals surface area contributed by atoms with Crippen molar-refractivity contribution in [3.63, 3.8) is 0 Å². The fourth-order valence-corrected chi connectivity index (χ4v) is 3.32. The number of imidazole rings is 1. The Bertz CT molecular complexity index is 1090. The van der Waals surface area contributed by atoms with Crippen molar-refractivity contribution in [1.29, 1.82) is 0 Å². The summed E-state index contributed by atoms with van der Waals surface area (Å²) in [6.07, 6.45) is 8.27. The minimum Gasteiger partial charge on any atom is -0.388 e. The van der Waals surface area contributed by atoms with Crippen LogP contribution in [0.15, 0.2) is 49.2 Å². The Morgan fingerprint density at radius 1 is 1.19 bits per heavy atom. The highest BCUT2D eigenvalue weighted by Gasteiger charge is 2.32. The number of aliphatic hydroxyl groups is 1. The molecule has 0 saturated heterocycles. The van der Waals surface area contributed by atoms with Crippen LogP contribution >= 0.6 is 0 Å². The largest absolute Gasteiger partial charge is 0.388 e. The highest BCUT2D eigenvalue weighted by Crippen LogP contribution is 2.42. The van der Waals surface area contributed by atoms with E-state index in [4.69, 9.17) is 0 Å². The van der Waals surface area contributed by atoms with E-state index in [1.165, 1.54) is 0 Å². The number of fused-ring (bicyclic) bond motifs is 1. The molecule has 0 amide bonds. The van der Waals surface area contributed by atoms with E-state index in [9.17, 15) is 5.11 Å². The molecule has 8 nitrogen and oxygen atoms in total. The summed E-state index contributed by atoms with van der Waals surface area (Å²) in [7, 11) is 1.88. The van der Waals surface area contributed by atoms with Gasteiger partial charge in [0, 0.05) is 18.7 Å². The van der Waals surface area contributed by atoms with Crippen LogP contribution in [-0.4, -0.2) is 41.5 Å². The van der Waals surface area contributed by atoms with Gasteiger partial charge < -0.3 is 10.4 Å². The Morgan fingerprint density at radius 2 is 2.00 bits per heavy atom. The van der Waals surface area contributed by atoms with Crippen molar-refractivity contribution in [2.24, 2.45) is 0 Å². The van der Waals surface area contributed by atoms with Gasteiger partial charge in [-0.05, 0) is 37.1 Å². The van der Waals surface area contributed by atoms with Gasteiger partial charge in [0.15, 0.2) is 0 Å². The summed E-state index contributed by atoms with van der Waals surface area (Å²) in [6.45, 7) is 0. The Kier molecular flexibility index (Phi) is 3.64.